The minimum absolute atomic E-state index is 0.0275. The number of amides is 1. The molecular formula is C23H24N4O2. The van der Waals surface area contributed by atoms with E-state index in [0.29, 0.717) is 24.7 Å². The molecule has 1 aromatic carbocycles. The van der Waals surface area contributed by atoms with Crippen molar-refractivity contribution in [3.8, 4) is 5.69 Å². The van der Waals surface area contributed by atoms with Crippen LogP contribution < -0.4 is 5.56 Å². The van der Waals surface area contributed by atoms with Gasteiger partial charge in [-0.25, -0.2) is 4.68 Å². The van der Waals surface area contributed by atoms with Crippen molar-refractivity contribution in [3.63, 3.8) is 0 Å². The summed E-state index contributed by atoms with van der Waals surface area (Å²) in [5.41, 5.74) is 5.92. The topological polar surface area (TPSA) is 60.1 Å². The first-order valence-corrected chi connectivity index (χ1v) is 10.2. The van der Waals surface area contributed by atoms with Gasteiger partial charge in [0.25, 0.3) is 11.5 Å². The third-order valence-electron chi connectivity index (χ3n) is 5.87. The fraction of sp³-hybridized carbons (Fsp3) is 0.348. The third kappa shape index (κ3) is 3.28. The maximum absolute atomic E-state index is 13.1. The molecule has 0 N–H and O–H groups in total. The van der Waals surface area contributed by atoms with E-state index in [4.69, 9.17) is 0 Å². The van der Waals surface area contributed by atoms with Gasteiger partial charge in [-0.15, -0.1) is 0 Å². The molecule has 0 saturated heterocycles. The zero-order valence-electron chi connectivity index (χ0n) is 16.8. The lowest BCUT2D eigenvalue weighted by Crippen LogP contribution is -2.37. The van der Waals surface area contributed by atoms with E-state index >= 15 is 0 Å². The van der Waals surface area contributed by atoms with Gasteiger partial charge in [-0.2, -0.15) is 5.10 Å². The molecule has 1 aliphatic heterocycles. The molecule has 5 rings (SSSR count). The number of hydrogen-bond donors (Lipinski definition) is 0. The number of nitrogens with zero attached hydrogens (tertiary/aromatic N) is 4. The molecule has 6 nitrogen and oxygen atoms in total. The van der Waals surface area contributed by atoms with Gasteiger partial charge >= 0.3 is 0 Å². The SMILES string of the molecule is Cc1cc(C)n(-c2ccc(C(=O)N3CCc4cc(=O)n(C5CC5)cc4C3)cc2)n1. The second-order valence-corrected chi connectivity index (χ2v) is 8.16. The van der Waals surface area contributed by atoms with Crippen LogP contribution in [0.1, 0.15) is 51.8 Å². The number of carbonyl (C=O) groups excluding carboxylic acids is 1. The number of rotatable bonds is 3. The highest BCUT2D eigenvalue weighted by Crippen LogP contribution is 2.34. The van der Waals surface area contributed by atoms with E-state index in [1.807, 2.05) is 64.5 Å². The van der Waals surface area contributed by atoms with E-state index in [1.165, 1.54) is 0 Å². The average Bonchev–Trinajstić information content (AvgIpc) is 3.50. The van der Waals surface area contributed by atoms with Gasteiger partial charge in [0.15, 0.2) is 0 Å². The molecule has 2 aliphatic rings. The van der Waals surface area contributed by atoms with Crippen LogP contribution in [0.3, 0.4) is 0 Å². The van der Waals surface area contributed by atoms with Crippen LogP contribution in [0, 0.1) is 13.8 Å². The van der Waals surface area contributed by atoms with Gasteiger partial charge in [0.05, 0.1) is 11.4 Å². The average molecular weight is 388 g/mol. The summed E-state index contributed by atoms with van der Waals surface area (Å²) in [6.07, 6.45) is 4.85. The van der Waals surface area contributed by atoms with Crippen molar-refractivity contribution in [3.05, 3.63) is 81.0 Å². The minimum atomic E-state index is 0.0275. The molecule has 1 aliphatic carbocycles. The zero-order valence-corrected chi connectivity index (χ0v) is 16.8. The maximum Gasteiger partial charge on any atom is 0.254 e. The number of carbonyl (C=O) groups is 1. The standard InChI is InChI=1S/C23H24N4O2/c1-15-11-16(2)27(24-15)21-5-3-17(4-6-21)23(29)25-10-9-18-12-22(28)26(20-7-8-20)14-19(18)13-25/h3-6,11-12,14,20H,7-10,13H2,1-2H3. The predicted molar refractivity (Wildman–Crippen MR) is 110 cm³/mol. The van der Waals surface area contributed by atoms with Gasteiger partial charge in [0.2, 0.25) is 0 Å². The Morgan fingerprint density at radius 2 is 1.83 bits per heavy atom. The monoisotopic (exact) mass is 388 g/mol. The Hall–Kier alpha value is -3.15. The Morgan fingerprint density at radius 1 is 1.07 bits per heavy atom. The van der Waals surface area contributed by atoms with Crippen molar-refractivity contribution in [2.45, 2.75) is 45.7 Å². The van der Waals surface area contributed by atoms with Gasteiger partial charge in [-0.3, -0.25) is 9.59 Å². The molecule has 0 spiro atoms. The van der Waals surface area contributed by atoms with Crippen molar-refractivity contribution in [1.29, 1.82) is 0 Å². The summed E-state index contributed by atoms with van der Waals surface area (Å²) >= 11 is 0. The Kier molecular flexibility index (Phi) is 4.15. The smallest absolute Gasteiger partial charge is 0.254 e. The first kappa shape index (κ1) is 17.9. The van der Waals surface area contributed by atoms with Gasteiger partial charge in [-0.05, 0) is 74.6 Å². The van der Waals surface area contributed by atoms with Crippen LogP contribution >= 0.6 is 0 Å². The highest BCUT2D eigenvalue weighted by atomic mass is 16.2. The van der Waals surface area contributed by atoms with E-state index in [2.05, 4.69) is 5.10 Å². The molecule has 29 heavy (non-hydrogen) atoms. The second-order valence-electron chi connectivity index (χ2n) is 8.16. The first-order valence-electron chi connectivity index (χ1n) is 10.2. The maximum atomic E-state index is 13.1. The number of aryl methyl sites for hydroxylation is 2. The molecule has 0 unspecified atom stereocenters. The number of aromatic nitrogens is 3. The predicted octanol–water partition coefficient (Wildman–Crippen LogP) is 3.18. The fourth-order valence-electron chi connectivity index (χ4n) is 4.18. The summed E-state index contributed by atoms with van der Waals surface area (Å²) in [5.74, 6) is 0.0275. The lowest BCUT2D eigenvalue weighted by Gasteiger charge is -2.29. The van der Waals surface area contributed by atoms with Crippen molar-refractivity contribution < 1.29 is 4.79 Å². The Morgan fingerprint density at radius 3 is 2.48 bits per heavy atom. The highest BCUT2D eigenvalue weighted by molar-refractivity contribution is 5.94. The molecule has 3 heterocycles. The van der Waals surface area contributed by atoms with E-state index in [9.17, 15) is 9.59 Å². The number of benzene rings is 1. The molecule has 0 radical (unpaired) electrons. The van der Waals surface area contributed by atoms with E-state index in [0.717, 1.165) is 47.5 Å². The number of hydrogen-bond acceptors (Lipinski definition) is 3. The molecule has 1 saturated carbocycles. The molecule has 6 heteroatoms. The molecule has 0 bridgehead atoms. The Balaban J connectivity index is 1.37. The molecular weight excluding hydrogens is 364 g/mol. The Labute approximate surface area is 169 Å². The minimum Gasteiger partial charge on any atom is -0.334 e. The van der Waals surface area contributed by atoms with Crippen LogP contribution in [-0.2, 0) is 13.0 Å². The summed E-state index contributed by atoms with van der Waals surface area (Å²) in [6, 6.07) is 11.8. The Bertz CT molecular complexity index is 1150. The molecule has 1 amide bonds. The summed E-state index contributed by atoms with van der Waals surface area (Å²) < 4.78 is 3.73. The van der Waals surface area contributed by atoms with Crippen molar-refractivity contribution >= 4 is 5.91 Å². The number of pyridine rings is 1. The first-order chi connectivity index (χ1) is 14.0. The van der Waals surface area contributed by atoms with Crippen molar-refractivity contribution in [2.75, 3.05) is 6.54 Å². The van der Waals surface area contributed by atoms with Crippen LogP contribution in [0.4, 0.5) is 0 Å². The summed E-state index contributed by atoms with van der Waals surface area (Å²) in [4.78, 5) is 27.2. The normalized spacial score (nSPS) is 16.0. The second kappa shape index (κ2) is 6.72. The third-order valence-corrected chi connectivity index (χ3v) is 5.87. The van der Waals surface area contributed by atoms with E-state index in [1.54, 1.807) is 6.07 Å². The highest BCUT2D eigenvalue weighted by Gasteiger charge is 2.27. The van der Waals surface area contributed by atoms with Crippen LogP contribution in [0.15, 0.2) is 47.4 Å². The molecule has 1 fully saturated rings. The van der Waals surface area contributed by atoms with Crippen molar-refractivity contribution in [1.82, 2.24) is 19.2 Å². The van der Waals surface area contributed by atoms with Gasteiger partial charge in [-0.1, -0.05) is 0 Å². The largest absolute Gasteiger partial charge is 0.334 e. The summed E-state index contributed by atoms with van der Waals surface area (Å²) in [5, 5.41) is 4.50. The number of fused-ring (bicyclic) bond motifs is 1. The molecule has 0 atom stereocenters. The lowest BCUT2D eigenvalue weighted by atomic mass is 10.0. The van der Waals surface area contributed by atoms with Crippen LogP contribution in [0.25, 0.3) is 5.69 Å². The molecule has 3 aromatic rings. The van der Waals surface area contributed by atoms with E-state index < -0.39 is 0 Å². The molecule has 148 valence electrons. The summed E-state index contributed by atoms with van der Waals surface area (Å²) in [7, 11) is 0. The van der Waals surface area contributed by atoms with Gasteiger partial charge < -0.3 is 9.47 Å². The molecule has 2 aromatic heterocycles. The lowest BCUT2D eigenvalue weighted by molar-refractivity contribution is 0.0734. The van der Waals surface area contributed by atoms with Crippen LogP contribution in [-0.4, -0.2) is 31.7 Å². The van der Waals surface area contributed by atoms with Gasteiger partial charge in [0, 0.05) is 42.7 Å². The quantitative estimate of drug-likeness (QED) is 0.692. The fourth-order valence-corrected chi connectivity index (χ4v) is 4.18. The summed E-state index contributed by atoms with van der Waals surface area (Å²) in [6.45, 7) is 5.18. The zero-order chi connectivity index (χ0) is 20.1. The van der Waals surface area contributed by atoms with Crippen LogP contribution in [0.2, 0.25) is 0 Å². The van der Waals surface area contributed by atoms with E-state index in [-0.39, 0.29) is 11.5 Å². The van der Waals surface area contributed by atoms with Crippen LogP contribution in [0.5, 0.6) is 0 Å². The van der Waals surface area contributed by atoms with Gasteiger partial charge in [0.1, 0.15) is 0 Å². The van der Waals surface area contributed by atoms with Crippen molar-refractivity contribution in [2.24, 2.45) is 0 Å².